The van der Waals surface area contributed by atoms with Crippen molar-refractivity contribution in [2.24, 2.45) is 5.92 Å². The van der Waals surface area contributed by atoms with Crippen LogP contribution in [0, 0.1) is 5.92 Å². The average Bonchev–Trinajstić information content (AvgIpc) is 2.87. The molecule has 4 nitrogen and oxygen atoms in total. The van der Waals surface area contributed by atoms with E-state index in [4.69, 9.17) is 4.52 Å². The molecule has 4 atom stereocenters. The van der Waals surface area contributed by atoms with Crippen LogP contribution in [-0.2, 0) is 0 Å². The number of hydrogen-bond acceptors (Lipinski definition) is 4. The van der Waals surface area contributed by atoms with Crippen molar-refractivity contribution in [3.8, 4) is 0 Å². The molecule has 0 aromatic carbocycles. The highest BCUT2D eigenvalue weighted by atomic mass is 16.5. The average molecular weight is 252 g/mol. The van der Waals surface area contributed by atoms with E-state index in [0.29, 0.717) is 11.8 Å². The van der Waals surface area contributed by atoms with E-state index < -0.39 is 6.10 Å². The van der Waals surface area contributed by atoms with Gasteiger partial charge in [-0.3, -0.25) is 0 Å². The second-order valence-electron chi connectivity index (χ2n) is 5.66. The fourth-order valence-corrected chi connectivity index (χ4v) is 2.70. The molecule has 1 aliphatic carbocycles. The van der Waals surface area contributed by atoms with Gasteiger partial charge in [0, 0.05) is 5.92 Å². The Morgan fingerprint density at radius 3 is 2.83 bits per heavy atom. The standard InChI is InChI=1S/C14H24N2O2/c1-4-11-6-5-7-12(8-11)13-15-14(18-16-13)9(2)10(3)17/h9-12,17H,4-8H2,1-3H3. The summed E-state index contributed by atoms with van der Waals surface area (Å²) in [7, 11) is 0. The lowest BCUT2D eigenvalue weighted by molar-refractivity contribution is 0.151. The van der Waals surface area contributed by atoms with E-state index in [-0.39, 0.29) is 5.92 Å². The van der Waals surface area contributed by atoms with Gasteiger partial charge < -0.3 is 9.63 Å². The molecule has 0 spiro atoms. The van der Waals surface area contributed by atoms with Crippen molar-refractivity contribution in [3.63, 3.8) is 0 Å². The number of hydrogen-bond donors (Lipinski definition) is 1. The molecule has 102 valence electrons. The van der Waals surface area contributed by atoms with Gasteiger partial charge in [0.2, 0.25) is 5.89 Å². The van der Waals surface area contributed by atoms with Crippen molar-refractivity contribution in [2.45, 2.75) is 70.8 Å². The molecule has 0 radical (unpaired) electrons. The zero-order valence-corrected chi connectivity index (χ0v) is 11.6. The summed E-state index contributed by atoms with van der Waals surface area (Å²) in [4.78, 5) is 4.49. The molecule has 1 fully saturated rings. The summed E-state index contributed by atoms with van der Waals surface area (Å²) in [6.45, 7) is 5.92. The number of aromatic nitrogens is 2. The third-order valence-electron chi connectivity index (χ3n) is 4.30. The smallest absolute Gasteiger partial charge is 0.232 e. The summed E-state index contributed by atoms with van der Waals surface area (Å²) in [5.41, 5.74) is 0. The van der Waals surface area contributed by atoms with Gasteiger partial charge in [-0.05, 0) is 25.7 Å². The Labute approximate surface area is 109 Å². The fraction of sp³-hybridized carbons (Fsp3) is 0.857. The molecule has 0 bridgehead atoms. The zero-order valence-electron chi connectivity index (χ0n) is 11.6. The normalized spacial score (nSPS) is 28.0. The number of aliphatic hydroxyl groups excluding tert-OH is 1. The molecule has 4 unspecified atom stereocenters. The Morgan fingerprint density at radius 2 is 2.17 bits per heavy atom. The molecule has 0 amide bonds. The SMILES string of the molecule is CCC1CCCC(c2noc(C(C)C(C)O)n2)C1. The molecule has 1 aromatic heterocycles. The van der Waals surface area contributed by atoms with Crippen molar-refractivity contribution >= 4 is 0 Å². The van der Waals surface area contributed by atoms with Crippen molar-refractivity contribution in [2.75, 3.05) is 0 Å². The minimum absolute atomic E-state index is 0.0863. The second kappa shape index (κ2) is 5.83. The Hall–Kier alpha value is -0.900. The Morgan fingerprint density at radius 1 is 1.39 bits per heavy atom. The Balaban J connectivity index is 2.05. The van der Waals surface area contributed by atoms with Crippen LogP contribution in [0.2, 0.25) is 0 Å². The van der Waals surface area contributed by atoms with Crippen LogP contribution in [0.4, 0.5) is 0 Å². The molecule has 1 N–H and O–H groups in total. The summed E-state index contributed by atoms with van der Waals surface area (Å²) in [6.07, 6.45) is 5.73. The van der Waals surface area contributed by atoms with Gasteiger partial charge in [0.1, 0.15) is 0 Å². The molecule has 1 aliphatic rings. The van der Waals surface area contributed by atoms with Gasteiger partial charge in [-0.15, -0.1) is 0 Å². The highest BCUT2D eigenvalue weighted by molar-refractivity contribution is 5.01. The third-order valence-corrected chi connectivity index (χ3v) is 4.30. The van der Waals surface area contributed by atoms with Crippen LogP contribution < -0.4 is 0 Å². The molecule has 0 saturated heterocycles. The van der Waals surface area contributed by atoms with E-state index in [9.17, 15) is 5.11 Å². The summed E-state index contributed by atoms with van der Waals surface area (Å²) in [5, 5.41) is 13.7. The van der Waals surface area contributed by atoms with Crippen molar-refractivity contribution in [1.29, 1.82) is 0 Å². The fourth-order valence-electron chi connectivity index (χ4n) is 2.70. The van der Waals surface area contributed by atoms with E-state index >= 15 is 0 Å². The molecule has 18 heavy (non-hydrogen) atoms. The van der Waals surface area contributed by atoms with Crippen LogP contribution in [-0.4, -0.2) is 21.4 Å². The van der Waals surface area contributed by atoms with Crippen LogP contribution in [0.5, 0.6) is 0 Å². The second-order valence-corrected chi connectivity index (χ2v) is 5.66. The molecule has 0 aliphatic heterocycles. The lowest BCUT2D eigenvalue weighted by atomic mass is 9.80. The molecule has 1 heterocycles. The van der Waals surface area contributed by atoms with Crippen LogP contribution >= 0.6 is 0 Å². The maximum atomic E-state index is 9.55. The molecular formula is C14H24N2O2. The predicted octanol–water partition coefficient (Wildman–Crippen LogP) is 3.24. The largest absolute Gasteiger partial charge is 0.393 e. The zero-order chi connectivity index (χ0) is 13.1. The minimum atomic E-state index is -0.451. The molecule has 1 aromatic rings. The Bertz CT molecular complexity index is 376. The van der Waals surface area contributed by atoms with E-state index in [2.05, 4.69) is 17.1 Å². The van der Waals surface area contributed by atoms with Crippen molar-refractivity contribution in [3.05, 3.63) is 11.7 Å². The number of aliphatic hydroxyl groups is 1. The van der Waals surface area contributed by atoms with E-state index in [0.717, 1.165) is 11.7 Å². The van der Waals surface area contributed by atoms with Crippen LogP contribution in [0.15, 0.2) is 4.52 Å². The van der Waals surface area contributed by atoms with Crippen LogP contribution in [0.1, 0.15) is 76.4 Å². The van der Waals surface area contributed by atoms with E-state index in [1.54, 1.807) is 6.92 Å². The van der Waals surface area contributed by atoms with E-state index in [1.807, 2.05) is 6.92 Å². The van der Waals surface area contributed by atoms with Gasteiger partial charge in [0.15, 0.2) is 5.82 Å². The number of nitrogens with zero attached hydrogens (tertiary/aromatic N) is 2. The Kier molecular flexibility index (Phi) is 4.38. The molecule has 2 rings (SSSR count). The predicted molar refractivity (Wildman–Crippen MR) is 69.4 cm³/mol. The maximum Gasteiger partial charge on any atom is 0.232 e. The summed E-state index contributed by atoms with van der Waals surface area (Å²) < 4.78 is 5.29. The quantitative estimate of drug-likeness (QED) is 0.893. The summed E-state index contributed by atoms with van der Waals surface area (Å²) >= 11 is 0. The molecule has 1 saturated carbocycles. The van der Waals surface area contributed by atoms with Gasteiger partial charge in [-0.1, -0.05) is 38.3 Å². The van der Waals surface area contributed by atoms with Gasteiger partial charge in [0.05, 0.1) is 12.0 Å². The first-order valence-electron chi connectivity index (χ1n) is 7.13. The van der Waals surface area contributed by atoms with Gasteiger partial charge >= 0.3 is 0 Å². The maximum absolute atomic E-state index is 9.55. The topological polar surface area (TPSA) is 59.2 Å². The molecular weight excluding hydrogens is 228 g/mol. The lowest BCUT2D eigenvalue weighted by Gasteiger charge is -2.26. The first-order valence-corrected chi connectivity index (χ1v) is 7.13. The third kappa shape index (κ3) is 2.91. The first kappa shape index (κ1) is 13.5. The van der Waals surface area contributed by atoms with Crippen LogP contribution in [0.3, 0.4) is 0 Å². The van der Waals surface area contributed by atoms with Crippen LogP contribution in [0.25, 0.3) is 0 Å². The first-order chi connectivity index (χ1) is 8.61. The van der Waals surface area contributed by atoms with Crippen molar-refractivity contribution < 1.29 is 9.63 Å². The van der Waals surface area contributed by atoms with Gasteiger partial charge in [0.25, 0.3) is 0 Å². The van der Waals surface area contributed by atoms with Gasteiger partial charge in [-0.25, -0.2) is 0 Å². The van der Waals surface area contributed by atoms with Crippen molar-refractivity contribution in [1.82, 2.24) is 10.1 Å². The summed E-state index contributed by atoms with van der Waals surface area (Å²) in [6, 6.07) is 0. The van der Waals surface area contributed by atoms with E-state index in [1.165, 1.54) is 32.1 Å². The minimum Gasteiger partial charge on any atom is -0.393 e. The number of rotatable bonds is 4. The molecule has 4 heteroatoms. The van der Waals surface area contributed by atoms with Gasteiger partial charge in [-0.2, -0.15) is 4.98 Å². The highest BCUT2D eigenvalue weighted by Crippen LogP contribution is 2.36. The lowest BCUT2D eigenvalue weighted by Crippen LogP contribution is -2.15. The monoisotopic (exact) mass is 252 g/mol. The highest BCUT2D eigenvalue weighted by Gasteiger charge is 2.27. The summed E-state index contributed by atoms with van der Waals surface area (Å²) in [5.74, 6) is 2.58.